The average Bonchev–Trinajstić information content (AvgIpc) is 3.28. The van der Waals surface area contributed by atoms with Gasteiger partial charge in [0.15, 0.2) is 17.5 Å². The van der Waals surface area contributed by atoms with Crippen molar-refractivity contribution in [2.45, 2.75) is 34.7 Å². The normalized spacial score (nSPS) is 24.7. The Morgan fingerprint density at radius 2 is 1.89 bits per heavy atom. The maximum atomic E-state index is 13.7. The fourth-order valence-corrected chi connectivity index (χ4v) is 5.77. The molecule has 0 spiro atoms. The molecular formula is C19H16BrF3N4O7S2. The van der Waals surface area contributed by atoms with Crippen molar-refractivity contribution in [1.29, 1.82) is 0 Å². The first kappa shape index (κ1) is 26.9. The van der Waals surface area contributed by atoms with E-state index in [1.165, 1.54) is 12.4 Å². The highest BCUT2D eigenvalue weighted by Gasteiger charge is 2.49. The highest BCUT2D eigenvalue weighted by Crippen LogP contribution is 2.40. The van der Waals surface area contributed by atoms with E-state index in [1.54, 1.807) is 6.07 Å². The average molecular weight is 613 g/mol. The van der Waals surface area contributed by atoms with Crippen LogP contribution in [0, 0.1) is 17.5 Å². The Labute approximate surface area is 214 Å². The minimum atomic E-state index is -5.10. The molecule has 1 aromatic carbocycles. The van der Waals surface area contributed by atoms with Crippen LogP contribution in [0.4, 0.5) is 13.2 Å². The summed E-state index contributed by atoms with van der Waals surface area (Å²) in [6, 6.07) is 1.54. The van der Waals surface area contributed by atoms with Crippen molar-refractivity contribution >= 4 is 38.1 Å². The van der Waals surface area contributed by atoms with Crippen LogP contribution in [0.3, 0.4) is 0 Å². The molecule has 194 valence electrons. The molecule has 2 aromatic heterocycles. The minimum Gasteiger partial charge on any atom is -0.394 e. The van der Waals surface area contributed by atoms with E-state index >= 15 is 0 Å². The Morgan fingerprint density at radius 1 is 1.19 bits per heavy atom. The summed E-state index contributed by atoms with van der Waals surface area (Å²) in [4.78, 5) is 4.47. The molecule has 1 saturated heterocycles. The van der Waals surface area contributed by atoms with Crippen molar-refractivity contribution in [3.63, 3.8) is 0 Å². The summed E-state index contributed by atoms with van der Waals surface area (Å²) in [5, 5.41) is 28.2. The summed E-state index contributed by atoms with van der Waals surface area (Å²) in [5.74, 6) is -4.63. The third-order valence-electron chi connectivity index (χ3n) is 5.08. The SMILES string of the molecule is O=S(=O)(O)O[C@H]1C(n2cc(-c3cc(F)c(F)c(F)c3)nn2)[C@@H](O)C(CO)O[C@@H]1Sc1cncc(Br)c1. The molecule has 3 N–H and O–H groups in total. The van der Waals surface area contributed by atoms with Gasteiger partial charge in [0.2, 0.25) is 0 Å². The molecule has 1 aliphatic heterocycles. The maximum absolute atomic E-state index is 13.7. The standard InChI is InChI=1S/C19H16BrF3N4O7S2/c20-9-3-10(5-24-4-9)35-19-18(34-36(30,31)32)16(17(29)14(7-28)33-19)27-6-13(25-26-27)8-1-11(21)15(23)12(22)2-8/h1-6,14,16-19,28-29H,7H2,(H,30,31,32)/t14?,16?,17-,18-,19+/m0/s1. The number of halogens is 4. The van der Waals surface area contributed by atoms with Crippen LogP contribution in [0.2, 0.25) is 0 Å². The lowest BCUT2D eigenvalue weighted by Crippen LogP contribution is -2.56. The van der Waals surface area contributed by atoms with Crippen molar-refractivity contribution < 1.29 is 45.3 Å². The van der Waals surface area contributed by atoms with Crippen LogP contribution in [-0.4, -0.2) is 73.5 Å². The van der Waals surface area contributed by atoms with Crippen molar-refractivity contribution in [2.75, 3.05) is 6.61 Å². The molecule has 0 saturated carbocycles. The molecule has 2 unspecified atom stereocenters. The van der Waals surface area contributed by atoms with Crippen LogP contribution in [0.25, 0.3) is 11.3 Å². The predicted molar refractivity (Wildman–Crippen MR) is 120 cm³/mol. The quantitative estimate of drug-likeness (QED) is 0.265. The van der Waals surface area contributed by atoms with E-state index in [4.69, 9.17) is 8.92 Å². The van der Waals surface area contributed by atoms with Gasteiger partial charge in [0.25, 0.3) is 0 Å². The largest absolute Gasteiger partial charge is 0.397 e. The molecule has 0 bridgehead atoms. The summed E-state index contributed by atoms with van der Waals surface area (Å²) < 4.78 is 85.5. The van der Waals surface area contributed by atoms with Gasteiger partial charge in [-0.3, -0.25) is 9.54 Å². The first-order chi connectivity index (χ1) is 17.0. The predicted octanol–water partition coefficient (Wildman–Crippen LogP) is 2.12. The van der Waals surface area contributed by atoms with Gasteiger partial charge in [-0.05, 0) is 34.1 Å². The highest BCUT2D eigenvalue weighted by atomic mass is 79.9. The van der Waals surface area contributed by atoms with Crippen LogP contribution in [0.5, 0.6) is 0 Å². The number of aliphatic hydroxyl groups excluding tert-OH is 2. The number of pyridine rings is 1. The zero-order valence-corrected chi connectivity index (χ0v) is 20.9. The molecule has 3 heterocycles. The highest BCUT2D eigenvalue weighted by molar-refractivity contribution is 9.10. The monoisotopic (exact) mass is 612 g/mol. The molecule has 1 aliphatic rings. The van der Waals surface area contributed by atoms with Gasteiger partial charge in [0.1, 0.15) is 35.5 Å². The summed E-state index contributed by atoms with van der Waals surface area (Å²) >= 11 is 4.17. The van der Waals surface area contributed by atoms with Crippen LogP contribution in [0.15, 0.2) is 46.2 Å². The number of ether oxygens (including phenoxy) is 1. The number of rotatable bonds is 7. The van der Waals surface area contributed by atoms with E-state index in [9.17, 15) is 36.4 Å². The fourth-order valence-electron chi connectivity index (χ4n) is 3.55. The number of hydrogen-bond donors (Lipinski definition) is 3. The smallest absolute Gasteiger partial charge is 0.394 e. The van der Waals surface area contributed by atoms with Crippen molar-refractivity contribution in [3.05, 3.63) is 58.7 Å². The van der Waals surface area contributed by atoms with E-state index in [0.29, 0.717) is 21.5 Å². The first-order valence-electron chi connectivity index (χ1n) is 9.91. The van der Waals surface area contributed by atoms with Gasteiger partial charge >= 0.3 is 10.4 Å². The molecule has 0 radical (unpaired) electrons. The number of nitrogens with zero attached hydrogens (tertiary/aromatic N) is 4. The van der Waals surface area contributed by atoms with Gasteiger partial charge < -0.3 is 14.9 Å². The van der Waals surface area contributed by atoms with Gasteiger partial charge in [-0.15, -0.1) is 5.10 Å². The Hall–Kier alpha value is -2.12. The van der Waals surface area contributed by atoms with Gasteiger partial charge in [-0.2, -0.15) is 8.42 Å². The molecule has 0 aliphatic carbocycles. The third-order valence-corrected chi connectivity index (χ3v) is 7.09. The molecule has 5 atom stereocenters. The molecule has 11 nitrogen and oxygen atoms in total. The minimum absolute atomic E-state index is 0.155. The van der Waals surface area contributed by atoms with Gasteiger partial charge in [0.05, 0.1) is 12.8 Å². The van der Waals surface area contributed by atoms with E-state index < -0.39 is 64.2 Å². The number of benzene rings is 1. The third kappa shape index (κ3) is 5.88. The Morgan fingerprint density at radius 3 is 2.50 bits per heavy atom. The molecule has 1 fully saturated rings. The lowest BCUT2D eigenvalue weighted by atomic mass is 9.97. The number of thioether (sulfide) groups is 1. The molecule has 17 heteroatoms. The molecule has 0 amide bonds. The Kier molecular flexibility index (Phi) is 8.01. The Bertz CT molecular complexity index is 1340. The molecule has 3 aromatic rings. The number of aromatic nitrogens is 4. The second kappa shape index (κ2) is 10.7. The first-order valence-corrected chi connectivity index (χ1v) is 12.9. The Balaban J connectivity index is 1.75. The number of aliphatic hydroxyl groups is 2. The van der Waals surface area contributed by atoms with E-state index in [-0.39, 0.29) is 11.3 Å². The number of hydrogen-bond acceptors (Lipinski definition) is 10. The van der Waals surface area contributed by atoms with Gasteiger partial charge in [0, 0.05) is 27.3 Å². The van der Waals surface area contributed by atoms with Crippen LogP contribution in [-0.2, 0) is 19.3 Å². The summed E-state index contributed by atoms with van der Waals surface area (Å²) in [5.41, 5.74) is -1.60. The lowest BCUT2D eigenvalue weighted by molar-refractivity contribution is -0.172. The second-order valence-electron chi connectivity index (χ2n) is 7.49. The zero-order chi connectivity index (χ0) is 26.2. The summed E-state index contributed by atoms with van der Waals surface area (Å²) in [6.07, 6.45) is -0.514. The van der Waals surface area contributed by atoms with Crippen molar-refractivity contribution in [1.82, 2.24) is 20.0 Å². The molecular weight excluding hydrogens is 597 g/mol. The van der Waals surface area contributed by atoms with E-state index in [2.05, 4.69) is 31.2 Å². The lowest BCUT2D eigenvalue weighted by Gasteiger charge is -2.42. The zero-order valence-electron chi connectivity index (χ0n) is 17.6. The van der Waals surface area contributed by atoms with Crippen LogP contribution < -0.4 is 0 Å². The molecule has 36 heavy (non-hydrogen) atoms. The second-order valence-corrected chi connectivity index (χ2v) is 10.6. The molecule has 4 rings (SSSR count). The summed E-state index contributed by atoms with van der Waals surface area (Å²) in [7, 11) is -5.10. The topological polar surface area (TPSA) is 157 Å². The summed E-state index contributed by atoms with van der Waals surface area (Å²) in [6.45, 7) is -0.694. The van der Waals surface area contributed by atoms with Gasteiger partial charge in [-0.1, -0.05) is 17.0 Å². The van der Waals surface area contributed by atoms with E-state index in [0.717, 1.165) is 22.6 Å². The van der Waals surface area contributed by atoms with Crippen molar-refractivity contribution in [2.24, 2.45) is 0 Å². The van der Waals surface area contributed by atoms with Crippen molar-refractivity contribution in [3.8, 4) is 11.3 Å². The van der Waals surface area contributed by atoms with Gasteiger partial charge in [-0.25, -0.2) is 22.0 Å². The van der Waals surface area contributed by atoms with Crippen LogP contribution in [0.1, 0.15) is 6.04 Å². The fraction of sp³-hybridized carbons (Fsp3) is 0.316. The maximum Gasteiger partial charge on any atom is 0.397 e. The van der Waals surface area contributed by atoms with Crippen LogP contribution >= 0.6 is 27.7 Å². The van der Waals surface area contributed by atoms with E-state index in [1.807, 2.05) is 0 Å².